The average Bonchev–Trinajstić information content (AvgIpc) is 2.20. The Labute approximate surface area is 86.4 Å². The summed E-state index contributed by atoms with van der Waals surface area (Å²) in [4.78, 5) is 13.6. The summed E-state index contributed by atoms with van der Waals surface area (Å²) in [5, 5.41) is 10.5. The first-order chi connectivity index (χ1) is 7.15. The van der Waals surface area contributed by atoms with E-state index in [1.54, 1.807) is 0 Å². The summed E-state index contributed by atoms with van der Waals surface area (Å²) in [6.07, 6.45) is 1.93. The molecule has 1 rings (SSSR count). The molecule has 1 aromatic rings. The zero-order valence-electron chi connectivity index (χ0n) is 7.93. The van der Waals surface area contributed by atoms with E-state index < -0.39 is 4.92 Å². The maximum atomic E-state index is 10.5. The molecular weight excluding hydrogens is 196 g/mol. The molecule has 0 aliphatic carbocycles. The van der Waals surface area contributed by atoms with Gasteiger partial charge in [-0.25, -0.2) is 4.98 Å². The minimum absolute atomic E-state index is 0.107. The smallest absolute Gasteiger partial charge is 0.312 e. The van der Waals surface area contributed by atoms with Crippen LogP contribution >= 0.6 is 0 Å². The molecule has 1 aromatic heterocycles. The number of nitrogen functional groups attached to an aromatic ring is 1. The monoisotopic (exact) mass is 206 g/mol. The van der Waals surface area contributed by atoms with E-state index in [2.05, 4.69) is 16.8 Å². The van der Waals surface area contributed by atoms with Crippen LogP contribution in [-0.4, -0.2) is 16.5 Å². The second-order valence-electron chi connectivity index (χ2n) is 2.73. The number of nitrogens with zero attached hydrogens (tertiary/aromatic N) is 2. The van der Waals surface area contributed by atoms with Gasteiger partial charge in [0.25, 0.3) is 0 Å². The second-order valence-corrected chi connectivity index (χ2v) is 2.73. The highest BCUT2D eigenvalue weighted by atomic mass is 16.6. The van der Waals surface area contributed by atoms with Crippen molar-refractivity contribution in [1.29, 1.82) is 0 Å². The van der Waals surface area contributed by atoms with Crippen LogP contribution in [0.3, 0.4) is 0 Å². The fraction of sp³-hybridized carbons (Fsp3) is 0.222. The highest BCUT2D eigenvalue weighted by Crippen LogP contribution is 2.18. The highest BCUT2D eigenvalue weighted by Gasteiger charge is 2.12. The number of hydrogen-bond donors (Lipinski definition) is 2. The number of pyridine rings is 1. The number of aromatic nitrogens is 1. The molecule has 6 heteroatoms. The Morgan fingerprint density at radius 2 is 2.33 bits per heavy atom. The largest absolute Gasteiger partial charge is 0.378 e. The molecule has 4 N–H and O–H groups in total. The van der Waals surface area contributed by atoms with Crippen LogP contribution < -0.4 is 11.5 Å². The Morgan fingerprint density at radius 3 is 2.93 bits per heavy atom. The van der Waals surface area contributed by atoms with Crippen LogP contribution in [0.4, 0.5) is 11.5 Å². The van der Waals surface area contributed by atoms with Crippen LogP contribution in [-0.2, 0) is 0 Å². The summed E-state index contributed by atoms with van der Waals surface area (Å²) in [6, 6.07) is 1.30. The Hall–Kier alpha value is -2.13. The molecule has 0 saturated carbocycles. The van der Waals surface area contributed by atoms with Gasteiger partial charge in [0, 0.05) is 30.8 Å². The predicted molar refractivity (Wildman–Crippen MR) is 55.9 cm³/mol. The number of nitrogens with two attached hydrogens (primary N) is 2. The van der Waals surface area contributed by atoms with Gasteiger partial charge in [0.2, 0.25) is 5.82 Å². The summed E-state index contributed by atoms with van der Waals surface area (Å²) >= 11 is 0. The van der Waals surface area contributed by atoms with Gasteiger partial charge in [-0.2, -0.15) is 0 Å². The molecule has 0 aliphatic rings. The topological polar surface area (TPSA) is 108 Å². The van der Waals surface area contributed by atoms with Crippen molar-refractivity contribution in [2.24, 2.45) is 5.73 Å². The van der Waals surface area contributed by atoms with Gasteiger partial charge in [0.1, 0.15) is 0 Å². The van der Waals surface area contributed by atoms with Crippen LogP contribution in [0, 0.1) is 22.0 Å². The van der Waals surface area contributed by atoms with E-state index in [0.717, 1.165) is 0 Å². The highest BCUT2D eigenvalue weighted by molar-refractivity contribution is 5.55. The normalized spacial score (nSPS) is 9.13. The summed E-state index contributed by atoms with van der Waals surface area (Å²) in [5.74, 6) is 5.37. The van der Waals surface area contributed by atoms with Crippen molar-refractivity contribution < 1.29 is 4.92 Å². The molecule has 15 heavy (non-hydrogen) atoms. The van der Waals surface area contributed by atoms with E-state index in [9.17, 15) is 10.1 Å². The minimum Gasteiger partial charge on any atom is -0.378 e. The molecule has 0 saturated heterocycles. The van der Waals surface area contributed by atoms with Gasteiger partial charge in [-0.3, -0.25) is 10.1 Å². The molecular formula is C9H10N4O2. The van der Waals surface area contributed by atoms with Crippen LogP contribution in [0.2, 0.25) is 0 Å². The zero-order chi connectivity index (χ0) is 11.3. The zero-order valence-corrected chi connectivity index (χ0v) is 7.93. The molecule has 0 bridgehead atoms. The van der Waals surface area contributed by atoms with E-state index >= 15 is 0 Å². The van der Waals surface area contributed by atoms with Crippen molar-refractivity contribution >= 4 is 11.5 Å². The van der Waals surface area contributed by atoms with E-state index in [0.29, 0.717) is 18.5 Å². The van der Waals surface area contributed by atoms with Gasteiger partial charge < -0.3 is 11.5 Å². The molecule has 0 radical (unpaired) electrons. The first kappa shape index (κ1) is 10.9. The fourth-order valence-electron chi connectivity index (χ4n) is 0.915. The lowest BCUT2D eigenvalue weighted by molar-refractivity contribution is -0.384. The molecule has 0 aliphatic heterocycles. The number of nitro groups is 1. The Kier molecular flexibility index (Phi) is 3.60. The maximum Gasteiger partial charge on any atom is 0.312 e. The van der Waals surface area contributed by atoms with Crippen LogP contribution in [0.5, 0.6) is 0 Å². The first-order valence-corrected chi connectivity index (χ1v) is 4.24. The van der Waals surface area contributed by atoms with Gasteiger partial charge in [-0.15, -0.1) is 0 Å². The fourth-order valence-corrected chi connectivity index (χ4v) is 0.915. The maximum absolute atomic E-state index is 10.5. The second kappa shape index (κ2) is 4.93. The lowest BCUT2D eigenvalue weighted by Gasteiger charge is -1.95. The SMILES string of the molecule is NCCC#Cc1cnc(N)c([N+](=O)[O-])c1. The molecule has 0 spiro atoms. The van der Waals surface area contributed by atoms with Crippen molar-refractivity contribution in [3.05, 3.63) is 27.9 Å². The van der Waals surface area contributed by atoms with E-state index in [1.165, 1.54) is 12.3 Å². The van der Waals surface area contributed by atoms with Crippen molar-refractivity contribution in [2.45, 2.75) is 6.42 Å². The molecule has 0 fully saturated rings. The Balaban J connectivity index is 2.99. The Morgan fingerprint density at radius 1 is 1.60 bits per heavy atom. The number of rotatable bonds is 2. The quantitative estimate of drug-likeness (QED) is 0.410. The third kappa shape index (κ3) is 2.93. The summed E-state index contributed by atoms with van der Waals surface area (Å²) in [6.45, 7) is 0.456. The van der Waals surface area contributed by atoms with Gasteiger partial charge in [-0.05, 0) is 0 Å². The number of hydrogen-bond acceptors (Lipinski definition) is 5. The Bertz CT molecular complexity index is 433. The van der Waals surface area contributed by atoms with Crippen LogP contribution in [0.15, 0.2) is 12.3 Å². The summed E-state index contributed by atoms with van der Waals surface area (Å²) in [5.41, 5.74) is 10.8. The molecule has 78 valence electrons. The van der Waals surface area contributed by atoms with E-state index in [1.807, 2.05) is 0 Å². The predicted octanol–water partition coefficient (Wildman–Crippen LogP) is 0.272. The van der Waals surface area contributed by atoms with Gasteiger partial charge in [-0.1, -0.05) is 11.8 Å². The van der Waals surface area contributed by atoms with Gasteiger partial charge in [0.15, 0.2) is 0 Å². The van der Waals surface area contributed by atoms with Crippen molar-refractivity contribution in [3.63, 3.8) is 0 Å². The molecule has 6 nitrogen and oxygen atoms in total. The van der Waals surface area contributed by atoms with E-state index in [4.69, 9.17) is 11.5 Å². The van der Waals surface area contributed by atoms with Crippen LogP contribution in [0.25, 0.3) is 0 Å². The third-order valence-electron chi connectivity index (χ3n) is 1.60. The lowest BCUT2D eigenvalue weighted by atomic mass is 10.2. The molecule has 1 heterocycles. The third-order valence-corrected chi connectivity index (χ3v) is 1.60. The standard InChI is InChI=1S/C9H10N4O2/c10-4-2-1-3-7-5-8(13(14)15)9(11)12-6-7/h5-6H,2,4,10H2,(H2,11,12). The summed E-state index contributed by atoms with van der Waals surface area (Å²) < 4.78 is 0. The number of anilines is 1. The lowest BCUT2D eigenvalue weighted by Crippen LogP contribution is -1.99. The van der Waals surface area contributed by atoms with Crippen molar-refractivity contribution in [1.82, 2.24) is 4.98 Å². The summed E-state index contributed by atoms with van der Waals surface area (Å²) in [7, 11) is 0. The van der Waals surface area contributed by atoms with Crippen molar-refractivity contribution in [3.8, 4) is 11.8 Å². The van der Waals surface area contributed by atoms with Gasteiger partial charge >= 0.3 is 5.69 Å². The molecule has 0 aromatic carbocycles. The molecule has 0 atom stereocenters. The average molecular weight is 206 g/mol. The van der Waals surface area contributed by atoms with Crippen molar-refractivity contribution in [2.75, 3.05) is 12.3 Å². The van der Waals surface area contributed by atoms with Crippen LogP contribution in [0.1, 0.15) is 12.0 Å². The van der Waals surface area contributed by atoms with Gasteiger partial charge in [0.05, 0.1) is 4.92 Å². The molecule has 0 unspecified atom stereocenters. The first-order valence-electron chi connectivity index (χ1n) is 4.24. The molecule has 0 amide bonds. The minimum atomic E-state index is -0.587. The van der Waals surface area contributed by atoms with E-state index in [-0.39, 0.29) is 11.5 Å².